The number of halogens is 2. The van der Waals surface area contributed by atoms with Crippen LogP contribution in [0.1, 0.15) is 11.1 Å². The maximum absolute atomic E-state index is 10.5. The van der Waals surface area contributed by atoms with Gasteiger partial charge in [0.05, 0.1) is 0 Å². The zero-order valence-corrected chi connectivity index (χ0v) is 10.4. The summed E-state index contributed by atoms with van der Waals surface area (Å²) < 4.78 is 1.70. The first-order valence-electron chi connectivity index (χ1n) is 3.59. The average molecular weight is 321 g/mol. The number of nitro groups is 1. The van der Waals surface area contributed by atoms with Gasteiger partial charge in [0, 0.05) is 0 Å². The molecule has 0 aliphatic rings. The number of aryl methyl sites for hydroxylation is 1. The molecule has 0 aliphatic heterocycles. The molecule has 0 unspecified atom stereocenters. The van der Waals surface area contributed by atoms with Crippen LogP contribution >= 0.6 is 19.4 Å². The molecule has 0 amide bonds. The predicted octanol–water partition coefficient (Wildman–Crippen LogP) is 2.98. The second kappa shape index (κ2) is 4.97. The molecule has 14 heavy (non-hydrogen) atoms. The number of nitro benzene ring substituents is 1. The Hall–Kier alpha value is -0.307. The van der Waals surface area contributed by atoms with E-state index in [4.69, 9.17) is 19.4 Å². The topological polar surface area (TPSA) is 43.1 Å². The van der Waals surface area contributed by atoms with Crippen LogP contribution in [-0.2, 0) is 13.5 Å². The van der Waals surface area contributed by atoms with Crippen LogP contribution in [0.25, 0.3) is 0 Å². The fraction of sp³-hybridized carbons (Fsp3) is 0.125. The van der Waals surface area contributed by atoms with Crippen molar-refractivity contribution in [3.8, 4) is 0 Å². The van der Waals surface area contributed by atoms with Crippen LogP contribution in [0.5, 0.6) is 0 Å². The molecule has 0 N–H and O–H groups in total. The molecule has 0 bridgehead atoms. The van der Waals surface area contributed by atoms with Crippen LogP contribution < -0.4 is 0 Å². The van der Waals surface area contributed by atoms with Crippen LogP contribution in [0.2, 0.25) is 0 Å². The van der Waals surface area contributed by atoms with E-state index in [-0.39, 0.29) is 5.69 Å². The van der Waals surface area contributed by atoms with E-state index in [2.05, 4.69) is 0 Å². The molecule has 3 nitrogen and oxygen atoms in total. The fourth-order valence-electron chi connectivity index (χ4n) is 0.935. The van der Waals surface area contributed by atoms with Crippen LogP contribution in [-0.4, -0.2) is 9.53 Å². The molecule has 1 aromatic rings. The van der Waals surface area contributed by atoms with Crippen molar-refractivity contribution in [2.75, 3.05) is 0 Å². The molecule has 0 aromatic heterocycles. The third-order valence-corrected chi connectivity index (χ3v) is 3.49. The Morgan fingerprint density at radius 3 is 2.64 bits per heavy atom. The Kier molecular flexibility index (Phi) is 4.17. The molecule has 6 heteroatoms. The molecule has 0 fully saturated rings. The van der Waals surface area contributed by atoms with Gasteiger partial charge in [-0.05, 0) is 0 Å². The number of hydrogen-bond acceptors (Lipinski definition) is 2. The van der Waals surface area contributed by atoms with Gasteiger partial charge in [-0.2, -0.15) is 0 Å². The number of nitrogens with zero attached hydrogens (tertiary/aromatic N) is 1. The Labute approximate surface area is 94.3 Å². The van der Waals surface area contributed by atoms with Crippen molar-refractivity contribution in [3.05, 3.63) is 39.4 Å². The van der Waals surface area contributed by atoms with Crippen LogP contribution in [0.4, 0.5) is 5.69 Å². The van der Waals surface area contributed by atoms with E-state index in [1.807, 2.05) is 6.92 Å². The molecule has 0 saturated carbocycles. The van der Waals surface area contributed by atoms with E-state index >= 15 is 0 Å². The monoisotopic (exact) mass is 321 g/mol. The molecule has 0 spiro atoms. The van der Waals surface area contributed by atoms with Gasteiger partial charge in [0.25, 0.3) is 0 Å². The minimum atomic E-state index is -1.92. The van der Waals surface area contributed by atoms with Crippen LogP contribution in [0, 0.1) is 17.0 Å². The minimum absolute atomic E-state index is 0.0607. The SMILES string of the molecule is Cc1ccc([N+](=O)[O-])cc1[CH]=[Ru]([Cl])[Cl]. The molecule has 1 rings (SSSR count). The van der Waals surface area contributed by atoms with Gasteiger partial charge in [-0.15, -0.1) is 0 Å². The van der Waals surface area contributed by atoms with Crippen molar-refractivity contribution in [3.63, 3.8) is 0 Å². The molecule has 78 valence electrons. The van der Waals surface area contributed by atoms with Gasteiger partial charge in [-0.3, -0.25) is 0 Å². The van der Waals surface area contributed by atoms with Crippen molar-refractivity contribution in [2.45, 2.75) is 6.92 Å². The van der Waals surface area contributed by atoms with Gasteiger partial charge < -0.3 is 0 Å². The van der Waals surface area contributed by atoms with Gasteiger partial charge in [-0.25, -0.2) is 0 Å². The zero-order chi connectivity index (χ0) is 10.7. The van der Waals surface area contributed by atoms with E-state index in [0.717, 1.165) is 11.1 Å². The Morgan fingerprint density at radius 1 is 1.50 bits per heavy atom. The molecule has 0 heterocycles. The van der Waals surface area contributed by atoms with Crippen molar-refractivity contribution in [1.29, 1.82) is 0 Å². The second-order valence-electron chi connectivity index (χ2n) is 2.60. The van der Waals surface area contributed by atoms with E-state index in [1.54, 1.807) is 10.7 Å². The summed E-state index contributed by atoms with van der Waals surface area (Å²) in [6.45, 7) is 1.86. The summed E-state index contributed by atoms with van der Waals surface area (Å²) >= 11 is -1.92. The predicted molar refractivity (Wildman–Crippen MR) is 54.7 cm³/mol. The molecular weight excluding hydrogens is 314 g/mol. The zero-order valence-electron chi connectivity index (χ0n) is 7.18. The van der Waals surface area contributed by atoms with Crippen LogP contribution in [0.15, 0.2) is 18.2 Å². The summed E-state index contributed by atoms with van der Waals surface area (Å²) in [5, 5.41) is 10.5. The normalized spacial score (nSPS) is 10.9. The third-order valence-electron chi connectivity index (χ3n) is 1.66. The second-order valence-corrected chi connectivity index (χ2v) is 8.33. The Balaban J connectivity index is 3.22. The first-order valence-corrected chi connectivity index (χ1v) is 9.07. The molecule has 0 radical (unpaired) electrons. The van der Waals surface area contributed by atoms with E-state index < -0.39 is 18.4 Å². The number of benzene rings is 1. The van der Waals surface area contributed by atoms with Crippen molar-refractivity contribution >= 4 is 29.7 Å². The van der Waals surface area contributed by atoms with Crippen molar-refractivity contribution < 1.29 is 18.4 Å². The van der Waals surface area contributed by atoms with E-state index in [1.165, 1.54) is 12.1 Å². The Bertz CT molecular complexity index is 402. The molecule has 0 atom stereocenters. The van der Waals surface area contributed by atoms with Crippen LogP contribution in [0.3, 0.4) is 0 Å². The van der Waals surface area contributed by atoms with Crippen molar-refractivity contribution in [2.24, 2.45) is 0 Å². The molecule has 0 saturated heterocycles. The van der Waals surface area contributed by atoms with Gasteiger partial charge in [-0.1, -0.05) is 0 Å². The standard InChI is InChI=1S/C8H7NO2.2ClH.Ru/c1-6-3-4-8(9(10)11)5-7(6)2;;;/h2-5H,1H3;2*1H;/q;;;+2/p-2. The maximum atomic E-state index is 10.5. The first-order chi connectivity index (χ1) is 6.50. The number of non-ortho nitro benzene ring substituents is 1. The molecule has 1 aromatic carbocycles. The fourth-order valence-corrected chi connectivity index (χ4v) is 2.87. The summed E-state index contributed by atoms with van der Waals surface area (Å²) in [7, 11) is 11.4. The summed E-state index contributed by atoms with van der Waals surface area (Å²) in [6.07, 6.45) is 0. The summed E-state index contributed by atoms with van der Waals surface area (Å²) in [5.41, 5.74) is 1.75. The van der Waals surface area contributed by atoms with Crippen molar-refractivity contribution in [1.82, 2.24) is 0 Å². The van der Waals surface area contributed by atoms with Gasteiger partial charge >= 0.3 is 94.5 Å². The van der Waals surface area contributed by atoms with Gasteiger partial charge in [0.15, 0.2) is 0 Å². The quantitative estimate of drug-likeness (QED) is 0.477. The summed E-state index contributed by atoms with van der Waals surface area (Å²) in [5.74, 6) is 0. The molecular formula is C8H7Cl2NO2Ru. The molecule has 0 aliphatic carbocycles. The van der Waals surface area contributed by atoms with Gasteiger partial charge in [0.1, 0.15) is 0 Å². The summed E-state index contributed by atoms with van der Waals surface area (Å²) in [4.78, 5) is 10.1. The Morgan fingerprint density at radius 2 is 2.14 bits per heavy atom. The number of rotatable bonds is 2. The first kappa shape index (κ1) is 11.8. The average Bonchev–Trinajstić information content (AvgIpc) is 2.07. The van der Waals surface area contributed by atoms with Gasteiger partial charge in [0.2, 0.25) is 0 Å². The number of hydrogen-bond donors (Lipinski definition) is 0. The van der Waals surface area contributed by atoms with E-state index in [9.17, 15) is 10.1 Å². The van der Waals surface area contributed by atoms with E-state index in [0.29, 0.717) is 0 Å². The third kappa shape index (κ3) is 3.12. The summed E-state index contributed by atoms with van der Waals surface area (Å²) in [6, 6.07) is 4.64.